The van der Waals surface area contributed by atoms with Crippen LogP contribution in [0.25, 0.3) is 0 Å². The number of urea groups is 1. The highest BCUT2D eigenvalue weighted by atomic mass is 16.2. The summed E-state index contributed by atoms with van der Waals surface area (Å²) in [6, 6.07) is 9.75. The summed E-state index contributed by atoms with van der Waals surface area (Å²) in [5.74, 6) is 0. The summed E-state index contributed by atoms with van der Waals surface area (Å²) in [6.45, 7) is 3.25. The molecule has 98 valence electrons. The van der Waals surface area contributed by atoms with Crippen molar-refractivity contribution >= 4 is 11.7 Å². The van der Waals surface area contributed by atoms with E-state index in [1.807, 2.05) is 23.1 Å². The molecule has 1 aromatic rings. The van der Waals surface area contributed by atoms with E-state index in [9.17, 15) is 4.79 Å². The van der Waals surface area contributed by atoms with E-state index in [-0.39, 0.29) is 6.03 Å². The molecule has 2 heterocycles. The molecule has 0 radical (unpaired) electrons. The van der Waals surface area contributed by atoms with E-state index < -0.39 is 0 Å². The molecule has 0 bridgehead atoms. The average molecular weight is 256 g/mol. The van der Waals surface area contributed by atoms with E-state index in [4.69, 9.17) is 5.26 Å². The summed E-state index contributed by atoms with van der Waals surface area (Å²) in [5, 5.41) is 12.4. The number of nitrogens with zero attached hydrogens (tertiary/aromatic N) is 3. The number of nitriles is 1. The Kier molecular flexibility index (Phi) is 3.10. The van der Waals surface area contributed by atoms with Gasteiger partial charge in [0.25, 0.3) is 0 Å². The molecule has 0 spiro atoms. The quantitative estimate of drug-likeness (QED) is 0.864. The summed E-state index contributed by atoms with van der Waals surface area (Å²) in [4.78, 5) is 16.1. The van der Waals surface area contributed by atoms with Gasteiger partial charge in [-0.2, -0.15) is 5.26 Å². The van der Waals surface area contributed by atoms with Gasteiger partial charge in [-0.1, -0.05) is 12.1 Å². The Labute approximate surface area is 112 Å². The van der Waals surface area contributed by atoms with Crippen LogP contribution in [0, 0.1) is 11.3 Å². The molecule has 3 rings (SSSR count). The molecule has 5 nitrogen and oxygen atoms in total. The number of benzene rings is 1. The Morgan fingerprint density at radius 1 is 1.32 bits per heavy atom. The first-order chi connectivity index (χ1) is 9.31. The molecule has 2 aliphatic heterocycles. The van der Waals surface area contributed by atoms with Gasteiger partial charge in [-0.25, -0.2) is 4.79 Å². The van der Waals surface area contributed by atoms with Crippen LogP contribution < -0.4 is 10.2 Å². The maximum atomic E-state index is 12.5. The highest BCUT2D eigenvalue weighted by Crippen LogP contribution is 2.26. The minimum Gasteiger partial charge on any atom is -0.318 e. The molecular weight excluding hydrogens is 240 g/mol. The van der Waals surface area contributed by atoms with Crippen molar-refractivity contribution in [2.45, 2.75) is 12.5 Å². The van der Waals surface area contributed by atoms with Crippen molar-refractivity contribution in [1.29, 1.82) is 5.26 Å². The van der Waals surface area contributed by atoms with Gasteiger partial charge >= 0.3 is 6.03 Å². The van der Waals surface area contributed by atoms with Crippen molar-refractivity contribution in [1.82, 2.24) is 10.2 Å². The zero-order valence-electron chi connectivity index (χ0n) is 10.7. The number of anilines is 1. The molecule has 0 aliphatic carbocycles. The van der Waals surface area contributed by atoms with Crippen LogP contribution in [0.4, 0.5) is 10.5 Å². The predicted molar refractivity (Wildman–Crippen MR) is 71.9 cm³/mol. The third kappa shape index (κ3) is 2.04. The van der Waals surface area contributed by atoms with Gasteiger partial charge in [0.15, 0.2) is 0 Å². The molecule has 1 unspecified atom stereocenters. The minimum absolute atomic E-state index is 0.0244. The van der Waals surface area contributed by atoms with E-state index in [0.29, 0.717) is 18.2 Å². The second-order valence-corrected chi connectivity index (χ2v) is 4.90. The van der Waals surface area contributed by atoms with Crippen molar-refractivity contribution in [3.63, 3.8) is 0 Å². The van der Waals surface area contributed by atoms with E-state index in [1.165, 1.54) is 0 Å². The Bertz CT molecular complexity index is 530. The first-order valence-corrected chi connectivity index (χ1v) is 6.59. The van der Waals surface area contributed by atoms with E-state index in [1.54, 1.807) is 11.0 Å². The summed E-state index contributed by atoms with van der Waals surface area (Å²) in [6.07, 6.45) is 1.01. The highest BCUT2D eigenvalue weighted by Gasteiger charge is 2.36. The fourth-order valence-corrected chi connectivity index (χ4v) is 2.83. The number of carbonyl (C=O) groups excluding carboxylic acids is 1. The fraction of sp³-hybridized carbons (Fsp3) is 0.429. The summed E-state index contributed by atoms with van der Waals surface area (Å²) in [7, 11) is 0. The van der Waals surface area contributed by atoms with E-state index in [0.717, 1.165) is 31.7 Å². The van der Waals surface area contributed by atoms with Crippen LogP contribution in [-0.2, 0) is 0 Å². The molecule has 1 aromatic carbocycles. The van der Waals surface area contributed by atoms with Crippen LogP contribution in [0.5, 0.6) is 0 Å². The van der Waals surface area contributed by atoms with Gasteiger partial charge in [0.1, 0.15) is 6.07 Å². The molecule has 2 amide bonds. The topological polar surface area (TPSA) is 59.4 Å². The van der Waals surface area contributed by atoms with Crippen LogP contribution in [0.2, 0.25) is 0 Å². The standard InChI is InChI=1S/C14H16N4O/c15-9-11-3-1-2-4-13(11)18-8-7-17(14(18)19)12-5-6-16-10-12/h1-4,12,16H,5-8,10H2. The van der Waals surface area contributed by atoms with Crippen molar-refractivity contribution in [3.8, 4) is 6.07 Å². The van der Waals surface area contributed by atoms with Crippen LogP contribution >= 0.6 is 0 Å². The summed E-state index contributed by atoms with van der Waals surface area (Å²) < 4.78 is 0. The Hall–Kier alpha value is -2.06. The number of hydrogen-bond acceptors (Lipinski definition) is 3. The molecule has 1 N–H and O–H groups in total. The molecule has 0 aromatic heterocycles. The van der Waals surface area contributed by atoms with Crippen LogP contribution in [0.1, 0.15) is 12.0 Å². The third-order valence-corrected chi connectivity index (χ3v) is 3.83. The second kappa shape index (κ2) is 4.90. The zero-order chi connectivity index (χ0) is 13.2. The van der Waals surface area contributed by atoms with Gasteiger partial charge < -0.3 is 10.2 Å². The fourth-order valence-electron chi connectivity index (χ4n) is 2.83. The van der Waals surface area contributed by atoms with Gasteiger partial charge in [0.05, 0.1) is 11.3 Å². The maximum absolute atomic E-state index is 12.5. The monoisotopic (exact) mass is 256 g/mol. The smallest absolute Gasteiger partial charge is 0.318 e. The van der Waals surface area contributed by atoms with Crippen LogP contribution in [-0.4, -0.2) is 43.2 Å². The first-order valence-electron chi connectivity index (χ1n) is 6.59. The Balaban J connectivity index is 1.84. The largest absolute Gasteiger partial charge is 0.324 e. The lowest BCUT2D eigenvalue weighted by molar-refractivity contribution is 0.205. The van der Waals surface area contributed by atoms with Crippen LogP contribution in [0.3, 0.4) is 0 Å². The summed E-state index contributed by atoms with van der Waals surface area (Å²) in [5.41, 5.74) is 1.28. The maximum Gasteiger partial charge on any atom is 0.324 e. The van der Waals surface area contributed by atoms with Gasteiger partial charge in [-0.05, 0) is 25.1 Å². The molecule has 1 atom stereocenters. The molecule has 19 heavy (non-hydrogen) atoms. The molecule has 5 heteroatoms. The van der Waals surface area contributed by atoms with Gasteiger partial charge in [0, 0.05) is 25.7 Å². The average Bonchev–Trinajstić information content (AvgIpc) is 3.08. The SMILES string of the molecule is N#Cc1ccccc1N1CCN(C2CCNC2)C1=O. The number of hydrogen-bond donors (Lipinski definition) is 1. The first kappa shape index (κ1) is 12.0. The molecule has 2 aliphatic rings. The number of nitrogens with one attached hydrogen (secondary N) is 1. The lowest BCUT2D eigenvalue weighted by atomic mass is 10.2. The third-order valence-electron chi connectivity index (χ3n) is 3.83. The predicted octanol–water partition coefficient (Wildman–Crippen LogP) is 1.16. The lowest BCUT2D eigenvalue weighted by Gasteiger charge is -2.24. The molecule has 0 saturated carbocycles. The number of para-hydroxylation sites is 1. The Morgan fingerprint density at radius 2 is 2.16 bits per heavy atom. The second-order valence-electron chi connectivity index (χ2n) is 4.90. The molecular formula is C14H16N4O. The van der Waals surface area contributed by atoms with Crippen molar-refractivity contribution in [3.05, 3.63) is 29.8 Å². The van der Waals surface area contributed by atoms with Gasteiger partial charge in [-0.15, -0.1) is 0 Å². The minimum atomic E-state index is 0.0244. The number of amides is 2. The number of carbonyl (C=O) groups is 1. The molecule has 2 fully saturated rings. The normalized spacial score (nSPS) is 22.9. The van der Waals surface area contributed by atoms with E-state index in [2.05, 4.69) is 11.4 Å². The van der Waals surface area contributed by atoms with Gasteiger partial charge in [-0.3, -0.25) is 4.90 Å². The highest BCUT2D eigenvalue weighted by molar-refractivity contribution is 5.95. The molecule has 2 saturated heterocycles. The Morgan fingerprint density at radius 3 is 2.89 bits per heavy atom. The summed E-state index contributed by atoms with van der Waals surface area (Å²) >= 11 is 0. The number of rotatable bonds is 2. The van der Waals surface area contributed by atoms with Crippen molar-refractivity contribution in [2.24, 2.45) is 0 Å². The van der Waals surface area contributed by atoms with E-state index >= 15 is 0 Å². The zero-order valence-corrected chi connectivity index (χ0v) is 10.7. The van der Waals surface area contributed by atoms with Crippen molar-refractivity contribution in [2.75, 3.05) is 31.1 Å². The van der Waals surface area contributed by atoms with Gasteiger partial charge in [0.2, 0.25) is 0 Å². The van der Waals surface area contributed by atoms with Crippen LogP contribution in [0.15, 0.2) is 24.3 Å². The lowest BCUT2D eigenvalue weighted by Crippen LogP contribution is -2.40. The van der Waals surface area contributed by atoms with Crippen molar-refractivity contribution < 1.29 is 4.79 Å².